The third-order valence-electron chi connectivity index (χ3n) is 14.3. The van der Waals surface area contributed by atoms with E-state index in [1.54, 1.807) is 0 Å². The molecule has 7 N–H and O–H groups in total. The lowest BCUT2D eigenvalue weighted by Gasteiger charge is -2.46. The first-order valence-electron chi connectivity index (χ1n) is 25.8. The molecule has 18 nitrogen and oxygen atoms in total. The van der Waals surface area contributed by atoms with Crippen molar-refractivity contribution in [3.05, 3.63) is 168 Å². The summed E-state index contributed by atoms with van der Waals surface area (Å²) >= 11 is 0. The lowest BCUT2D eigenvalue weighted by molar-refractivity contribution is -0.359. The lowest BCUT2D eigenvalue weighted by atomic mass is 9.97. The quantitative estimate of drug-likeness (QED) is 0.0514. The van der Waals surface area contributed by atoms with E-state index in [-0.39, 0.29) is 6.61 Å². The number of aliphatic hydroxyl groups is 7. The zero-order valence-electron chi connectivity index (χ0n) is 42.0. The monoisotopic (exact) mass is 1040 g/mol. The van der Waals surface area contributed by atoms with Gasteiger partial charge in [-0.25, -0.2) is 0 Å². The van der Waals surface area contributed by atoms with Gasteiger partial charge in [-0.15, -0.1) is 0 Å². The van der Waals surface area contributed by atoms with Crippen molar-refractivity contribution >= 4 is 43.6 Å². The van der Waals surface area contributed by atoms with E-state index < -0.39 is 74.6 Å². The maximum atomic E-state index is 11.4. The van der Waals surface area contributed by atoms with Gasteiger partial charge in [0, 0.05) is 80.4 Å². The summed E-state index contributed by atoms with van der Waals surface area (Å²) in [6.07, 6.45) is -15.6. The summed E-state index contributed by atoms with van der Waals surface area (Å²) in [5.41, 5.74) is 7.32. The molecule has 4 aromatic carbocycles. The smallest absolute Gasteiger partial charge is 0.187 e. The van der Waals surface area contributed by atoms with Crippen LogP contribution in [0.25, 0.3) is 43.6 Å². The third-order valence-corrected chi connectivity index (χ3v) is 14.3. The fourth-order valence-electron chi connectivity index (χ4n) is 10.0. The number of nitrogens with zero attached hydrogens (tertiary/aromatic N) is 7. The normalized spacial score (nSPS) is 24.2. The second kappa shape index (κ2) is 25.0. The summed E-state index contributed by atoms with van der Waals surface area (Å²) in [7, 11) is 0. The van der Waals surface area contributed by atoms with Crippen molar-refractivity contribution in [3.8, 4) is 0 Å². The molecule has 8 aromatic rings. The molecule has 0 radical (unpaired) electrons. The van der Waals surface area contributed by atoms with Gasteiger partial charge in [-0.05, 0) is 48.5 Å². The van der Waals surface area contributed by atoms with Crippen LogP contribution in [0.2, 0.25) is 0 Å². The molecule has 18 heteroatoms. The Morgan fingerprint density at radius 2 is 0.750 bits per heavy atom. The first-order chi connectivity index (χ1) is 37.1. The largest absolute Gasteiger partial charge is 0.394 e. The van der Waals surface area contributed by atoms with Crippen LogP contribution in [-0.2, 0) is 45.1 Å². The second-order valence-electron chi connectivity index (χ2n) is 19.6. The number of aliphatic hydroxyl groups excluding tert-OH is 7. The summed E-state index contributed by atoms with van der Waals surface area (Å²) < 4.78 is 23.5. The van der Waals surface area contributed by atoms with Crippen LogP contribution in [0.4, 0.5) is 0 Å². The molecule has 0 amide bonds. The van der Waals surface area contributed by atoms with E-state index in [0.29, 0.717) is 58.9 Å². The molecular weight excluding hydrogens is 971 g/mol. The molecule has 0 unspecified atom stereocenters. The van der Waals surface area contributed by atoms with Crippen LogP contribution in [0.3, 0.4) is 0 Å². The molecule has 0 bridgehead atoms. The summed E-state index contributed by atoms with van der Waals surface area (Å²) in [4.78, 5) is 27.1. The minimum absolute atomic E-state index is 0.0434. The number of hydrogen-bond donors (Lipinski definition) is 7. The van der Waals surface area contributed by atoms with E-state index in [0.717, 1.165) is 66.4 Å². The number of ether oxygens (including phenoxy) is 4. The number of pyridine rings is 4. The molecule has 0 saturated carbocycles. The maximum absolute atomic E-state index is 11.4. The third kappa shape index (κ3) is 12.9. The number of benzene rings is 4. The van der Waals surface area contributed by atoms with Gasteiger partial charge in [-0.3, -0.25) is 34.6 Å². The van der Waals surface area contributed by atoms with Gasteiger partial charge in [0.1, 0.15) is 48.8 Å². The van der Waals surface area contributed by atoms with Crippen molar-refractivity contribution in [2.75, 3.05) is 52.5 Å². The van der Waals surface area contributed by atoms with E-state index in [1.807, 2.05) is 72.8 Å². The Morgan fingerprint density at radius 3 is 1.16 bits per heavy atom. The molecule has 2 fully saturated rings. The molecule has 0 aliphatic carbocycles. The van der Waals surface area contributed by atoms with Crippen LogP contribution in [-0.4, -0.2) is 184 Å². The van der Waals surface area contributed by atoms with E-state index in [9.17, 15) is 35.7 Å². The van der Waals surface area contributed by atoms with Crippen molar-refractivity contribution < 1.29 is 54.7 Å². The molecule has 398 valence electrons. The first kappa shape index (κ1) is 53.4. The summed E-state index contributed by atoms with van der Waals surface area (Å²) in [6, 6.07) is 48.9. The van der Waals surface area contributed by atoms with Crippen LogP contribution in [0, 0.1) is 0 Å². The van der Waals surface area contributed by atoms with Crippen LogP contribution in [0.5, 0.6) is 0 Å². The maximum Gasteiger partial charge on any atom is 0.187 e. The van der Waals surface area contributed by atoms with E-state index in [4.69, 9.17) is 38.9 Å². The number of rotatable bonds is 22. The minimum atomic E-state index is -1.78. The molecule has 0 spiro atoms. The second-order valence-corrected chi connectivity index (χ2v) is 19.6. The summed E-state index contributed by atoms with van der Waals surface area (Å²) in [5, 5.41) is 78.5. The van der Waals surface area contributed by atoms with E-state index in [2.05, 4.69) is 87.5 Å². The van der Waals surface area contributed by atoms with Gasteiger partial charge in [0.2, 0.25) is 0 Å². The summed E-state index contributed by atoms with van der Waals surface area (Å²) in [5.74, 6) is 0. The van der Waals surface area contributed by atoms with Crippen LogP contribution in [0.15, 0.2) is 146 Å². The Hall–Kier alpha value is -6.04. The SMILES string of the molecule is OC[C@H]1O[C@H](O[C@H]2[C@H](O)[C@@H](O)[C@H](OCCN(CCN(Cc3ccc4ccccc4n3)Cc3ccc4ccccc4n3)CCN(Cc3ccc4ccccc4n3)Cc3ccc4ccccc4n3)O[C@@H]2CO)[C@H](O)[C@@H](O)[C@@H]1O. The first-order valence-corrected chi connectivity index (χ1v) is 25.8. The van der Waals surface area contributed by atoms with Crippen LogP contribution >= 0.6 is 0 Å². The molecule has 10 rings (SSSR count). The zero-order chi connectivity index (χ0) is 52.5. The fraction of sp³-hybridized carbons (Fsp3) is 0.379. The van der Waals surface area contributed by atoms with E-state index >= 15 is 0 Å². The molecule has 2 aliphatic rings. The number of aromatic nitrogens is 4. The minimum Gasteiger partial charge on any atom is -0.394 e. The highest BCUT2D eigenvalue weighted by molar-refractivity contribution is 5.80. The van der Waals surface area contributed by atoms with Crippen molar-refractivity contribution in [1.29, 1.82) is 0 Å². The number of para-hydroxylation sites is 4. The Morgan fingerprint density at radius 1 is 0.382 bits per heavy atom. The molecule has 6 heterocycles. The zero-order valence-corrected chi connectivity index (χ0v) is 42.0. The van der Waals surface area contributed by atoms with Gasteiger partial charge in [0.15, 0.2) is 12.6 Å². The van der Waals surface area contributed by atoms with Gasteiger partial charge in [-0.2, -0.15) is 0 Å². The predicted molar refractivity (Wildman–Crippen MR) is 284 cm³/mol. The lowest BCUT2D eigenvalue weighted by Crippen LogP contribution is -2.64. The highest BCUT2D eigenvalue weighted by Gasteiger charge is 2.50. The van der Waals surface area contributed by atoms with E-state index in [1.165, 1.54) is 0 Å². The number of hydrogen-bond acceptors (Lipinski definition) is 18. The van der Waals surface area contributed by atoms with Gasteiger partial charge >= 0.3 is 0 Å². The van der Waals surface area contributed by atoms with Gasteiger partial charge in [0.25, 0.3) is 0 Å². The Kier molecular flexibility index (Phi) is 17.5. The summed E-state index contributed by atoms with van der Waals surface area (Å²) in [6.45, 7) is 3.58. The fourth-order valence-corrected chi connectivity index (χ4v) is 10.0. The average molecular weight is 1040 g/mol. The Labute approximate surface area is 440 Å². The Balaban J connectivity index is 0.891. The standard InChI is InChI=1S/C58H65N7O11/c66-35-49-51(68)52(69)54(71)58(74-49)76-56-50(36-67)75-57(55(72)53(56)70)73-30-29-63(25-27-64(31-41-21-17-37-9-1-5-13-45(37)59-41)32-42-22-18-38-10-2-6-14-46(38)60-42)26-28-65(33-43-23-19-39-11-3-7-15-47(39)61-43)34-44-24-20-40-12-4-8-16-48(40)62-44/h1-24,49-58,66-72H,25-36H2/t49-,50-,51-,52+,53-,54-,55-,56-,57-,58-/m1/s1. The molecule has 2 aliphatic heterocycles. The molecule has 4 aromatic heterocycles. The van der Waals surface area contributed by atoms with Crippen molar-refractivity contribution in [1.82, 2.24) is 34.6 Å². The molecular formula is C58H65N7O11. The highest BCUT2D eigenvalue weighted by atomic mass is 16.7. The average Bonchev–Trinajstić information content (AvgIpc) is 3.45. The van der Waals surface area contributed by atoms with Crippen molar-refractivity contribution in [2.24, 2.45) is 0 Å². The predicted octanol–water partition coefficient (Wildman–Crippen LogP) is 3.53. The molecule has 10 atom stereocenters. The van der Waals surface area contributed by atoms with Gasteiger partial charge in [0.05, 0.1) is 64.7 Å². The number of fused-ring (bicyclic) bond motifs is 4. The van der Waals surface area contributed by atoms with Crippen LogP contribution < -0.4 is 0 Å². The molecule has 76 heavy (non-hydrogen) atoms. The van der Waals surface area contributed by atoms with Gasteiger partial charge in [-0.1, -0.05) is 97.1 Å². The molecule has 2 saturated heterocycles. The van der Waals surface area contributed by atoms with Gasteiger partial charge < -0.3 is 54.7 Å². The van der Waals surface area contributed by atoms with Crippen molar-refractivity contribution in [3.63, 3.8) is 0 Å². The Bertz CT molecular complexity index is 2840. The van der Waals surface area contributed by atoms with Crippen LogP contribution in [0.1, 0.15) is 22.8 Å². The highest BCUT2D eigenvalue weighted by Crippen LogP contribution is 2.30. The topological polar surface area (TPSA) is 240 Å². The van der Waals surface area contributed by atoms with Crippen molar-refractivity contribution in [2.45, 2.75) is 87.6 Å².